The molecular formula is C17H24O. The van der Waals surface area contributed by atoms with Crippen LogP contribution in [0.2, 0.25) is 0 Å². The number of carbonyl (C=O) groups is 1. The lowest BCUT2D eigenvalue weighted by atomic mass is 9.71. The molecule has 1 aromatic carbocycles. The van der Waals surface area contributed by atoms with Crippen LogP contribution in [-0.2, 0) is 4.79 Å². The van der Waals surface area contributed by atoms with Crippen LogP contribution in [0.15, 0.2) is 18.2 Å². The van der Waals surface area contributed by atoms with Gasteiger partial charge in [0.25, 0.3) is 0 Å². The van der Waals surface area contributed by atoms with E-state index in [4.69, 9.17) is 0 Å². The van der Waals surface area contributed by atoms with Crippen LogP contribution in [0.5, 0.6) is 0 Å². The Bertz CT molecular complexity index is 447. The molecule has 0 bridgehead atoms. The maximum absolute atomic E-state index is 11.3. The first-order valence-corrected chi connectivity index (χ1v) is 7.09. The van der Waals surface area contributed by atoms with E-state index in [0.717, 1.165) is 0 Å². The molecule has 1 aliphatic carbocycles. The van der Waals surface area contributed by atoms with Crippen molar-refractivity contribution in [1.82, 2.24) is 0 Å². The zero-order valence-corrected chi connectivity index (χ0v) is 12.0. The highest BCUT2D eigenvalue weighted by molar-refractivity contribution is 5.75. The molecule has 2 rings (SSSR count). The highest BCUT2D eigenvalue weighted by atomic mass is 16.1. The lowest BCUT2D eigenvalue weighted by Crippen LogP contribution is -2.20. The predicted octanol–water partition coefficient (Wildman–Crippen LogP) is 4.59. The number of carbonyl (C=O) groups excluding carboxylic acids is 1. The van der Waals surface area contributed by atoms with Crippen LogP contribution in [0.3, 0.4) is 0 Å². The molecule has 0 spiro atoms. The Labute approximate surface area is 111 Å². The average Bonchev–Trinajstić information content (AvgIpc) is 2.28. The van der Waals surface area contributed by atoms with Crippen molar-refractivity contribution < 1.29 is 4.79 Å². The maximum atomic E-state index is 11.3. The SMILES string of the molecule is CC(=O)C[C@H](C)[C@@H]1CC[C@H](C)c2ccc(C)cc21. The Morgan fingerprint density at radius 1 is 1.33 bits per heavy atom. The average molecular weight is 244 g/mol. The second kappa shape index (κ2) is 5.26. The van der Waals surface area contributed by atoms with Gasteiger partial charge in [-0.05, 0) is 55.6 Å². The molecule has 0 aliphatic heterocycles. The topological polar surface area (TPSA) is 17.1 Å². The van der Waals surface area contributed by atoms with E-state index in [-0.39, 0.29) is 0 Å². The van der Waals surface area contributed by atoms with E-state index in [1.807, 2.05) is 0 Å². The van der Waals surface area contributed by atoms with Gasteiger partial charge in [0.05, 0.1) is 0 Å². The van der Waals surface area contributed by atoms with E-state index in [1.54, 1.807) is 6.92 Å². The van der Waals surface area contributed by atoms with E-state index in [0.29, 0.717) is 30.0 Å². The molecule has 0 unspecified atom stereocenters. The molecule has 1 nitrogen and oxygen atoms in total. The Hall–Kier alpha value is -1.11. The van der Waals surface area contributed by atoms with Gasteiger partial charge in [0.1, 0.15) is 5.78 Å². The fourth-order valence-corrected chi connectivity index (χ4v) is 3.39. The number of ketones is 1. The molecular weight excluding hydrogens is 220 g/mol. The minimum atomic E-state index is 0.315. The van der Waals surface area contributed by atoms with Crippen LogP contribution in [0, 0.1) is 12.8 Å². The number of benzene rings is 1. The molecule has 1 aromatic rings. The highest BCUT2D eigenvalue weighted by Gasteiger charge is 2.28. The lowest BCUT2D eigenvalue weighted by Gasteiger charge is -2.33. The minimum absolute atomic E-state index is 0.315. The Balaban J connectivity index is 2.33. The first-order valence-electron chi connectivity index (χ1n) is 7.09. The van der Waals surface area contributed by atoms with Gasteiger partial charge in [-0.25, -0.2) is 0 Å². The summed E-state index contributed by atoms with van der Waals surface area (Å²) in [5.41, 5.74) is 4.35. The van der Waals surface area contributed by atoms with Gasteiger partial charge in [-0.1, -0.05) is 37.6 Å². The molecule has 0 radical (unpaired) electrons. The van der Waals surface area contributed by atoms with E-state index in [9.17, 15) is 4.79 Å². The third kappa shape index (κ3) is 2.66. The summed E-state index contributed by atoms with van der Waals surface area (Å²) < 4.78 is 0. The van der Waals surface area contributed by atoms with Gasteiger partial charge in [-0.2, -0.15) is 0 Å². The molecule has 1 aliphatic rings. The summed E-state index contributed by atoms with van der Waals surface area (Å²) in [6.45, 7) is 8.42. The van der Waals surface area contributed by atoms with Gasteiger partial charge in [-0.15, -0.1) is 0 Å². The predicted molar refractivity (Wildman–Crippen MR) is 76.0 cm³/mol. The van der Waals surface area contributed by atoms with Crippen molar-refractivity contribution in [3.8, 4) is 0 Å². The number of hydrogen-bond acceptors (Lipinski definition) is 1. The van der Waals surface area contributed by atoms with Crippen LogP contribution in [0.4, 0.5) is 0 Å². The van der Waals surface area contributed by atoms with Crippen molar-refractivity contribution in [2.24, 2.45) is 5.92 Å². The minimum Gasteiger partial charge on any atom is -0.300 e. The van der Waals surface area contributed by atoms with Crippen LogP contribution < -0.4 is 0 Å². The van der Waals surface area contributed by atoms with E-state index < -0.39 is 0 Å². The molecule has 0 amide bonds. The van der Waals surface area contributed by atoms with E-state index in [1.165, 1.54) is 29.5 Å². The quantitative estimate of drug-likeness (QED) is 0.760. The molecule has 18 heavy (non-hydrogen) atoms. The molecule has 3 atom stereocenters. The zero-order valence-electron chi connectivity index (χ0n) is 12.0. The van der Waals surface area contributed by atoms with Crippen LogP contribution >= 0.6 is 0 Å². The fraction of sp³-hybridized carbons (Fsp3) is 0.588. The summed E-state index contributed by atoms with van der Waals surface area (Å²) in [5.74, 6) is 2.02. The highest BCUT2D eigenvalue weighted by Crippen LogP contribution is 2.43. The monoisotopic (exact) mass is 244 g/mol. The number of rotatable bonds is 3. The number of aryl methyl sites for hydroxylation is 1. The summed E-state index contributed by atoms with van der Waals surface area (Å²) in [6, 6.07) is 6.85. The standard InChI is InChI=1S/C17H24O/c1-11-5-7-15-12(2)6-8-16(17(15)9-11)13(3)10-14(4)18/h5,7,9,12-13,16H,6,8,10H2,1-4H3/t12-,13-,16-/m0/s1. The van der Waals surface area contributed by atoms with Crippen molar-refractivity contribution in [3.63, 3.8) is 0 Å². The number of fused-ring (bicyclic) bond motifs is 1. The van der Waals surface area contributed by atoms with E-state index >= 15 is 0 Å². The van der Waals surface area contributed by atoms with Gasteiger partial charge >= 0.3 is 0 Å². The molecule has 0 saturated carbocycles. The summed E-state index contributed by atoms with van der Waals surface area (Å²) in [6.07, 6.45) is 3.20. The normalized spacial score (nSPS) is 24.4. The van der Waals surface area contributed by atoms with Crippen molar-refractivity contribution >= 4 is 5.78 Å². The smallest absolute Gasteiger partial charge is 0.130 e. The molecule has 0 saturated heterocycles. The lowest BCUT2D eigenvalue weighted by molar-refractivity contribution is -0.117. The zero-order chi connectivity index (χ0) is 13.3. The molecule has 0 heterocycles. The van der Waals surface area contributed by atoms with Gasteiger partial charge in [0, 0.05) is 6.42 Å². The third-order valence-electron chi connectivity index (χ3n) is 4.38. The van der Waals surface area contributed by atoms with Crippen molar-refractivity contribution in [2.45, 2.75) is 58.8 Å². The summed E-state index contributed by atoms with van der Waals surface area (Å²) in [5, 5.41) is 0. The van der Waals surface area contributed by atoms with Crippen LogP contribution in [-0.4, -0.2) is 5.78 Å². The first-order chi connectivity index (χ1) is 8.49. The Morgan fingerprint density at radius 2 is 2.06 bits per heavy atom. The van der Waals surface area contributed by atoms with Crippen LogP contribution in [0.1, 0.15) is 68.6 Å². The first kappa shape index (κ1) is 13.3. The Kier molecular flexibility index (Phi) is 3.89. The van der Waals surface area contributed by atoms with Crippen molar-refractivity contribution in [1.29, 1.82) is 0 Å². The third-order valence-corrected chi connectivity index (χ3v) is 4.38. The van der Waals surface area contributed by atoms with Crippen molar-refractivity contribution in [3.05, 3.63) is 34.9 Å². The number of Topliss-reactive ketones (excluding diaryl/α,β-unsaturated/α-hetero) is 1. The molecule has 0 fully saturated rings. The molecule has 98 valence electrons. The van der Waals surface area contributed by atoms with Gasteiger partial charge in [-0.3, -0.25) is 0 Å². The molecule has 1 heteroatoms. The summed E-state index contributed by atoms with van der Waals surface area (Å²) >= 11 is 0. The maximum Gasteiger partial charge on any atom is 0.130 e. The van der Waals surface area contributed by atoms with Gasteiger partial charge in [0.15, 0.2) is 0 Å². The molecule has 0 aromatic heterocycles. The largest absolute Gasteiger partial charge is 0.300 e. The van der Waals surface area contributed by atoms with Gasteiger partial charge in [0.2, 0.25) is 0 Å². The van der Waals surface area contributed by atoms with Gasteiger partial charge < -0.3 is 4.79 Å². The Morgan fingerprint density at radius 3 is 2.72 bits per heavy atom. The molecule has 0 N–H and O–H groups in total. The van der Waals surface area contributed by atoms with E-state index in [2.05, 4.69) is 39.0 Å². The second-order valence-corrected chi connectivity index (χ2v) is 6.10. The van der Waals surface area contributed by atoms with Crippen molar-refractivity contribution in [2.75, 3.05) is 0 Å². The fourth-order valence-electron chi connectivity index (χ4n) is 3.39. The van der Waals surface area contributed by atoms with Crippen LogP contribution in [0.25, 0.3) is 0 Å². The summed E-state index contributed by atoms with van der Waals surface area (Å²) in [7, 11) is 0. The summed E-state index contributed by atoms with van der Waals surface area (Å²) in [4.78, 5) is 11.3. The second-order valence-electron chi connectivity index (χ2n) is 6.10. The number of hydrogen-bond donors (Lipinski definition) is 0.